The Kier molecular flexibility index (Phi) is 5.37. The maximum Gasteiger partial charge on any atom is 0.00232 e. The molecule has 1 unspecified atom stereocenters. The van der Waals surface area contributed by atoms with Gasteiger partial charge in [0.25, 0.3) is 0 Å². The highest BCUT2D eigenvalue weighted by atomic mass is 14.8. The van der Waals surface area contributed by atoms with Crippen LogP contribution in [0.5, 0.6) is 0 Å². The van der Waals surface area contributed by atoms with Gasteiger partial charge in [-0.1, -0.05) is 66.6 Å². The van der Waals surface area contributed by atoms with Crippen molar-refractivity contribution in [2.45, 2.75) is 33.1 Å². The summed E-state index contributed by atoms with van der Waals surface area (Å²) < 4.78 is 0. The SMILES string of the molecule is CCNCC(Cc1cccc(C)c1)c1cccc(C)c1. The topological polar surface area (TPSA) is 12.0 Å². The van der Waals surface area contributed by atoms with E-state index in [1.807, 2.05) is 0 Å². The van der Waals surface area contributed by atoms with Gasteiger partial charge in [-0.25, -0.2) is 0 Å². The molecular weight excluding hydrogens is 242 g/mol. The van der Waals surface area contributed by atoms with Gasteiger partial charge in [0, 0.05) is 12.5 Å². The van der Waals surface area contributed by atoms with Crippen LogP contribution in [0.3, 0.4) is 0 Å². The molecule has 0 amide bonds. The third-order valence-corrected chi connectivity index (χ3v) is 3.72. The summed E-state index contributed by atoms with van der Waals surface area (Å²) in [4.78, 5) is 0. The minimum absolute atomic E-state index is 0.539. The monoisotopic (exact) mass is 267 g/mol. The van der Waals surface area contributed by atoms with E-state index in [9.17, 15) is 0 Å². The second kappa shape index (κ2) is 7.25. The number of rotatable bonds is 6. The van der Waals surface area contributed by atoms with Gasteiger partial charge in [0.1, 0.15) is 0 Å². The van der Waals surface area contributed by atoms with Crippen molar-refractivity contribution >= 4 is 0 Å². The van der Waals surface area contributed by atoms with Gasteiger partial charge in [-0.3, -0.25) is 0 Å². The summed E-state index contributed by atoms with van der Waals surface area (Å²) in [6, 6.07) is 17.8. The van der Waals surface area contributed by atoms with Crippen LogP contribution in [-0.4, -0.2) is 13.1 Å². The van der Waals surface area contributed by atoms with Crippen molar-refractivity contribution in [2.75, 3.05) is 13.1 Å². The van der Waals surface area contributed by atoms with Crippen LogP contribution in [-0.2, 0) is 6.42 Å². The Balaban J connectivity index is 2.19. The first-order valence-corrected chi connectivity index (χ1v) is 7.52. The minimum atomic E-state index is 0.539. The lowest BCUT2D eigenvalue weighted by Gasteiger charge is -2.19. The van der Waals surface area contributed by atoms with Gasteiger partial charge in [-0.05, 0) is 37.9 Å². The fraction of sp³-hybridized carbons (Fsp3) is 0.368. The Morgan fingerprint density at radius 2 is 1.65 bits per heavy atom. The quantitative estimate of drug-likeness (QED) is 0.825. The van der Waals surface area contributed by atoms with Crippen LogP contribution in [0.25, 0.3) is 0 Å². The molecule has 2 aromatic carbocycles. The van der Waals surface area contributed by atoms with E-state index in [1.54, 1.807) is 0 Å². The molecule has 106 valence electrons. The van der Waals surface area contributed by atoms with Gasteiger partial charge in [-0.2, -0.15) is 0 Å². The van der Waals surface area contributed by atoms with Crippen molar-refractivity contribution in [2.24, 2.45) is 0 Å². The smallest absolute Gasteiger partial charge is 0.00232 e. The summed E-state index contributed by atoms with van der Waals surface area (Å²) >= 11 is 0. The molecule has 0 saturated carbocycles. The van der Waals surface area contributed by atoms with Crippen molar-refractivity contribution in [1.82, 2.24) is 5.32 Å². The van der Waals surface area contributed by atoms with Crippen molar-refractivity contribution in [3.63, 3.8) is 0 Å². The molecule has 0 heterocycles. The summed E-state index contributed by atoms with van der Waals surface area (Å²) in [5, 5.41) is 3.50. The molecule has 0 spiro atoms. The Morgan fingerprint density at radius 1 is 0.950 bits per heavy atom. The van der Waals surface area contributed by atoms with Gasteiger partial charge in [0.2, 0.25) is 0 Å². The van der Waals surface area contributed by atoms with Crippen molar-refractivity contribution < 1.29 is 0 Å². The van der Waals surface area contributed by atoms with Gasteiger partial charge in [0.15, 0.2) is 0 Å². The predicted octanol–water partition coefficient (Wildman–Crippen LogP) is 4.24. The normalized spacial score (nSPS) is 12.3. The van der Waals surface area contributed by atoms with Crippen LogP contribution in [0.1, 0.15) is 35.1 Å². The first-order valence-electron chi connectivity index (χ1n) is 7.52. The van der Waals surface area contributed by atoms with Crippen molar-refractivity contribution in [1.29, 1.82) is 0 Å². The average Bonchev–Trinajstić information content (AvgIpc) is 2.43. The molecule has 0 fully saturated rings. The Labute approximate surface area is 123 Å². The highest BCUT2D eigenvalue weighted by molar-refractivity contribution is 5.29. The van der Waals surface area contributed by atoms with E-state index in [0.29, 0.717) is 5.92 Å². The molecule has 1 N–H and O–H groups in total. The molecule has 2 rings (SSSR count). The zero-order valence-electron chi connectivity index (χ0n) is 12.8. The molecule has 1 nitrogen and oxygen atoms in total. The first-order chi connectivity index (χ1) is 9.69. The molecule has 20 heavy (non-hydrogen) atoms. The van der Waals surface area contributed by atoms with Crippen molar-refractivity contribution in [3.8, 4) is 0 Å². The number of benzene rings is 2. The molecule has 0 aliphatic heterocycles. The Hall–Kier alpha value is -1.60. The van der Waals surface area contributed by atoms with Gasteiger partial charge in [-0.15, -0.1) is 0 Å². The maximum absolute atomic E-state index is 3.50. The van der Waals surface area contributed by atoms with Crippen LogP contribution < -0.4 is 5.32 Å². The van der Waals surface area contributed by atoms with E-state index in [4.69, 9.17) is 0 Å². The zero-order chi connectivity index (χ0) is 14.4. The third-order valence-electron chi connectivity index (χ3n) is 3.72. The van der Waals surface area contributed by atoms with E-state index in [0.717, 1.165) is 19.5 Å². The lowest BCUT2D eigenvalue weighted by molar-refractivity contribution is 0.594. The summed E-state index contributed by atoms with van der Waals surface area (Å²) in [7, 11) is 0. The van der Waals surface area contributed by atoms with Gasteiger partial charge in [0.05, 0.1) is 0 Å². The van der Waals surface area contributed by atoms with E-state index < -0.39 is 0 Å². The van der Waals surface area contributed by atoms with Crippen LogP contribution in [0, 0.1) is 13.8 Å². The Morgan fingerprint density at radius 3 is 2.30 bits per heavy atom. The molecule has 1 atom stereocenters. The second-order valence-electron chi connectivity index (χ2n) is 5.61. The van der Waals surface area contributed by atoms with E-state index >= 15 is 0 Å². The standard InChI is InChI=1S/C19H25N/c1-4-20-14-19(18-10-6-8-16(3)12-18)13-17-9-5-7-15(2)11-17/h5-12,19-20H,4,13-14H2,1-3H3. The highest BCUT2D eigenvalue weighted by Crippen LogP contribution is 2.22. The minimum Gasteiger partial charge on any atom is -0.316 e. The number of aryl methyl sites for hydroxylation is 2. The van der Waals surface area contributed by atoms with Crippen LogP contribution in [0.2, 0.25) is 0 Å². The second-order valence-corrected chi connectivity index (χ2v) is 5.61. The van der Waals surface area contributed by atoms with E-state index in [2.05, 4.69) is 74.6 Å². The maximum atomic E-state index is 3.50. The number of hydrogen-bond acceptors (Lipinski definition) is 1. The van der Waals surface area contributed by atoms with Crippen molar-refractivity contribution in [3.05, 3.63) is 70.8 Å². The molecule has 2 aromatic rings. The Bertz CT molecular complexity index is 545. The lowest BCUT2D eigenvalue weighted by Crippen LogP contribution is -2.22. The average molecular weight is 267 g/mol. The molecule has 0 bridgehead atoms. The zero-order valence-corrected chi connectivity index (χ0v) is 12.8. The van der Waals surface area contributed by atoms with Gasteiger partial charge >= 0.3 is 0 Å². The summed E-state index contributed by atoms with van der Waals surface area (Å²) in [5.74, 6) is 0.539. The van der Waals surface area contributed by atoms with Crippen LogP contribution in [0.4, 0.5) is 0 Å². The summed E-state index contributed by atoms with van der Waals surface area (Å²) in [5.41, 5.74) is 5.55. The molecule has 1 heteroatoms. The van der Waals surface area contributed by atoms with E-state index in [1.165, 1.54) is 22.3 Å². The summed E-state index contributed by atoms with van der Waals surface area (Å²) in [6.45, 7) is 8.56. The fourth-order valence-corrected chi connectivity index (χ4v) is 2.67. The summed E-state index contributed by atoms with van der Waals surface area (Å²) in [6.07, 6.45) is 1.10. The fourth-order valence-electron chi connectivity index (χ4n) is 2.67. The van der Waals surface area contributed by atoms with Crippen LogP contribution >= 0.6 is 0 Å². The molecule has 0 radical (unpaired) electrons. The molecule has 0 aliphatic carbocycles. The largest absolute Gasteiger partial charge is 0.316 e. The lowest BCUT2D eigenvalue weighted by atomic mass is 9.90. The van der Waals surface area contributed by atoms with Gasteiger partial charge < -0.3 is 5.32 Å². The number of likely N-dealkylation sites (N-methyl/N-ethyl adjacent to an activating group) is 1. The molecule has 0 aromatic heterocycles. The predicted molar refractivity (Wildman–Crippen MR) is 87.3 cm³/mol. The molecule has 0 aliphatic rings. The highest BCUT2D eigenvalue weighted by Gasteiger charge is 2.12. The number of hydrogen-bond donors (Lipinski definition) is 1. The third kappa shape index (κ3) is 4.21. The first kappa shape index (κ1) is 14.8. The molecule has 0 saturated heterocycles. The van der Waals surface area contributed by atoms with Crippen LogP contribution in [0.15, 0.2) is 48.5 Å². The number of nitrogens with one attached hydrogen (secondary N) is 1. The van der Waals surface area contributed by atoms with E-state index in [-0.39, 0.29) is 0 Å². The molecular formula is C19H25N.